The molecular formula is C7H9F3O3. The SMILES string of the molecule is CCOC(=O)OCCC(F)=C(F)F. The van der Waals surface area contributed by atoms with Crippen molar-refractivity contribution in [3.63, 3.8) is 0 Å². The Morgan fingerprint density at radius 3 is 2.31 bits per heavy atom. The van der Waals surface area contributed by atoms with Crippen LogP contribution in [-0.4, -0.2) is 19.4 Å². The van der Waals surface area contributed by atoms with Crippen LogP contribution in [0.2, 0.25) is 0 Å². The van der Waals surface area contributed by atoms with Crippen molar-refractivity contribution in [3.8, 4) is 0 Å². The zero-order chi connectivity index (χ0) is 10.3. The van der Waals surface area contributed by atoms with E-state index < -0.39 is 31.1 Å². The number of hydrogen-bond donors (Lipinski definition) is 0. The topological polar surface area (TPSA) is 35.5 Å². The summed E-state index contributed by atoms with van der Waals surface area (Å²) in [5.74, 6) is -1.58. The summed E-state index contributed by atoms with van der Waals surface area (Å²) in [4.78, 5) is 10.4. The van der Waals surface area contributed by atoms with Crippen molar-refractivity contribution in [2.24, 2.45) is 0 Å². The second-order valence-electron chi connectivity index (χ2n) is 1.95. The van der Waals surface area contributed by atoms with Crippen LogP contribution in [-0.2, 0) is 9.47 Å². The van der Waals surface area contributed by atoms with Crippen molar-refractivity contribution in [3.05, 3.63) is 11.9 Å². The van der Waals surface area contributed by atoms with Gasteiger partial charge in [0.25, 0.3) is 0 Å². The third kappa shape index (κ3) is 6.01. The molecule has 0 spiro atoms. The van der Waals surface area contributed by atoms with Gasteiger partial charge in [-0.1, -0.05) is 0 Å². The molecule has 0 bridgehead atoms. The van der Waals surface area contributed by atoms with Crippen molar-refractivity contribution in [2.45, 2.75) is 13.3 Å². The molecule has 76 valence electrons. The lowest BCUT2D eigenvalue weighted by atomic mass is 10.4. The number of hydrogen-bond acceptors (Lipinski definition) is 3. The monoisotopic (exact) mass is 198 g/mol. The van der Waals surface area contributed by atoms with Crippen molar-refractivity contribution in [1.29, 1.82) is 0 Å². The number of halogens is 3. The summed E-state index contributed by atoms with van der Waals surface area (Å²) < 4.78 is 43.5. The van der Waals surface area contributed by atoms with E-state index in [-0.39, 0.29) is 6.61 Å². The van der Waals surface area contributed by atoms with Crippen LogP contribution in [0.15, 0.2) is 11.9 Å². The number of rotatable bonds is 4. The summed E-state index contributed by atoms with van der Waals surface area (Å²) in [6.07, 6.45) is -4.02. The summed E-state index contributed by atoms with van der Waals surface area (Å²) in [6.45, 7) is 1.22. The van der Waals surface area contributed by atoms with Crippen LogP contribution >= 0.6 is 0 Å². The highest BCUT2D eigenvalue weighted by Crippen LogP contribution is 2.12. The van der Waals surface area contributed by atoms with E-state index in [0.29, 0.717) is 0 Å². The molecule has 0 fully saturated rings. The van der Waals surface area contributed by atoms with E-state index in [0.717, 1.165) is 0 Å². The molecule has 6 heteroatoms. The molecule has 0 saturated carbocycles. The molecule has 0 aliphatic carbocycles. The first-order chi connectivity index (χ1) is 6.07. The normalized spacial score (nSPS) is 9.23. The Labute approximate surface area is 73.1 Å². The van der Waals surface area contributed by atoms with Gasteiger partial charge in [-0.05, 0) is 6.92 Å². The standard InChI is InChI=1S/C7H9F3O3/c1-2-12-7(11)13-4-3-5(8)6(9)10/h2-4H2,1H3. The summed E-state index contributed by atoms with van der Waals surface area (Å²) in [5.41, 5.74) is 0. The highest BCUT2D eigenvalue weighted by Gasteiger charge is 2.07. The first kappa shape index (κ1) is 11.8. The van der Waals surface area contributed by atoms with Crippen molar-refractivity contribution in [1.82, 2.24) is 0 Å². The van der Waals surface area contributed by atoms with E-state index in [2.05, 4.69) is 9.47 Å². The highest BCUT2D eigenvalue weighted by molar-refractivity contribution is 5.59. The summed E-state index contributed by atoms with van der Waals surface area (Å²) in [7, 11) is 0. The van der Waals surface area contributed by atoms with Gasteiger partial charge in [0.2, 0.25) is 0 Å². The molecule has 0 aliphatic heterocycles. The molecule has 0 aromatic carbocycles. The van der Waals surface area contributed by atoms with Gasteiger partial charge in [-0.25, -0.2) is 9.18 Å². The molecule has 0 heterocycles. The lowest BCUT2D eigenvalue weighted by Crippen LogP contribution is -2.08. The maximum atomic E-state index is 12.1. The molecule has 0 aromatic heterocycles. The maximum Gasteiger partial charge on any atom is 0.508 e. The Balaban J connectivity index is 3.57. The Hall–Kier alpha value is -1.20. The van der Waals surface area contributed by atoms with Crippen molar-refractivity contribution < 1.29 is 27.4 Å². The third-order valence-electron chi connectivity index (χ3n) is 1.01. The number of carbonyl (C=O) groups excluding carboxylic acids is 1. The van der Waals surface area contributed by atoms with Crippen LogP contribution in [0, 0.1) is 0 Å². The lowest BCUT2D eigenvalue weighted by Gasteiger charge is -2.02. The first-order valence-corrected chi connectivity index (χ1v) is 3.57. The molecule has 3 nitrogen and oxygen atoms in total. The minimum absolute atomic E-state index is 0.120. The molecule has 0 saturated heterocycles. The van der Waals surface area contributed by atoms with E-state index in [1.165, 1.54) is 0 Å². The van der Waals surface area contributed by atoms with E-state index in [4.69, 9.17) is 0 Å². The lowest BCUT2D eigenvalue weighted by molar-refractivity contribution is 0.0586. The fourth-order valence-corrected chi connectivity index (χ4v) is 0.478. The molecule has 0 rings (SSSR count). The van der Waals surface area contributed by atoms with Crippen LogP contribution in [0.1, 0.15) is 13.3 Å². The molecule has 0 aromatic rings. The molecule has 0 radical (unpaired) electrons. The van der Waals surface area contributed by atoms with Gasteiger partial charge in [0.1, 0.15) is 6.61 Å². The van der Waals surface area contributed by atoms with Gasteiger partial charge in [0.15, 0.2) is 5.83 Å². The maximum absolute atomic E-state index is 12.1. The average molecular weight is 198 g/mol. The van der Waals surface area contributed by atoms with Gasteiger partial charge >= 0.3 is 12.2 Å². The van der Waals surface area contributed by atoms with Crippen molar-refractivity contribution >= 4 is 6.16 Å². The van der Waals surface area contributed by atoms with E-state index in [1.54, 1.807) is 6.92 Å². The van der Waals surface area contributed by atoms with Gasteiger partial charge < -0.3 is 9.47 Å². The Kier molecular flexibility index (Phi) is 5.75. The fourth-order valence-electron chi connectivity index (χ4n) is 0.478. The van der Waals surface area contributed by atoms with Gasteiger partial charge in [-0.3, -0.25) is 0 Å². The van der Waals surface area contributed by atoms with Crippen LogP contribution < -0.4 is 0 Å². The summed E-state index contributed by atoms with van der Waals surface area (Å²) >= 11 is 0. The van der Waals surface area contributed by atoms with Crippen LogP contribution in [0.4, 0.5) is 18.0 Å². The molecule has 0 amide bonds. The number of carbonyl (C=O) groups is 1. The minimum Gasteiger partial charge on any atom is -0.435 e. The summed E-state index contributed by atoms with van der Waals surface area (Å²) in [5, 5.41) is 0. The van der Waals surface area contributed by atoms with Gasteiger partial charge in [0, 0.05) is 6.42 Å². The third-order valence-corrected chi connectivity index (χ3v) is 1.01. The molecule has 0 atom stereocenters. The van der Waals surface area contributed by atoms with Gasteiger partial charge in [0.05, 0.1) is 6.61 Å². The van der Waals surface area contributed by atoms with Gasteiger partial charge in [-0.2, -0.15) is 8.78 Å². The average Bonchev–Trinajstić information content (AvgIpc) is 2.04. The van der Waals surface area contributed by atoms with Crippen LogP contribution in [0.3, 0.4) is 0 Å². The van der Waals surface area contributed by atoms with E-state index >= 15 is 0 Å². The second-order valence-corrected chi connectivity index (χ2v) is 1.95. The zero-order valence-electron chi connectivity index (χ0n) is 6.98. The quantitative estimate of drug-likeness (QED) is 0.651. The fraction of sp³-hybridized carbons (Fsp3) is 0.571. The molecule has 0 unspecified atom stereocenters. The van der Waals surface area contributed by atoms with Crippen LogP contribution in [0.5, 0.6) is 0 Å². The molecular weight excluding hydrogens is 189 g/mol. The Morgan fingerprint density at radius 1 is 1.23 bits per heavy atom. The Bertz CT molecular complexity index is 199. The zero-order valence-corrected chi connectivity index (χ0v) is 6.98. The predicted octanol–water partition coefficient (Wildman–Crippen LogP) is 2.63. The number of ether oxygens (including phenoxy) is 2. The van der Waals surface area contributed by atoms with Gasteiger partial charge in [-0.15, -0.1) is 0 Å². The minimum atomic E-state index is -2.40. The highest BCUT2D eigenvalue weighted by atomic mass is 19.3. The van der Waals surface area contributed by atoms with Crippen molar-refractivity contribution in [2.75, 3.05) is 13.2 Å². The summed E-state index contributed by atoms with van der Waals surface area (Å²) in [6, 6.07) is 0. The first-order valence-electron chi connectivity index (χ1n) is 3.57. The largest absolute Gasteiger partial charge is 0.508 e. The smallest absolute Gasteiger partial charge is 0.435 e. The van der Waals surface area contributed by atoms with Crippen LogP contribution in [0.25, 0.3) is 0 Å². The predicted molar refractivity (Wildman–Crippen MR) is 37.9 cm³/mol. The Morgan fingerprint density at radius 2 is 1.85 bits per heavy atom. The molecule has 13 heavy (non-hydrogen) atoms. The van der Waals surface area contributed by atoms with E-state index in [9.17, 15) is 18.0 Å². The second kappa shape index (κ2) is 6.33. The van der Waals surface area contributed by atoms with E-state index in [1.807, 2.05) is 0 Å². The molecule has 0 N–H and O–H groups in total. The molecule has 0 aliphatic rings.